The maximum atomic E-state index is 14.5. The molecule has 0 atom stereocenters. The van der Waals surface area contributed by atoms with Gasteiger partial charge in [-0.2, -0.15) is 5.26 Å². The van der Waals surface area contributed by atoms with Gasteiger partial charge in [0.15, 0.2) is 5.82 Å². The summed E-state index contributed by atoms with van der Waals surface area (Å²) in [7, 11) is 1.08. The van der Waals surface area contributed by atoms with Gasteiger partial charge in [0.1, 0.15) is 11.5 Å². The highest BCUT2D eigenvalue weighted by molar-refractivity contribution is 6.31. The third kappa shape index (κ3) is 3.21. The number of carbonyl (C=O) groups is 3. The van der Waals surface area contributed by atoms with Gasteiger partial charge in [0.2, 0.25) is 0 Å². The van der Waals surface area contributed by atoms with Gasteiger partial charge in [-0.25, -0.2) is 24.1 Å². The van der Waals surface area contributed by atoms with E-state index in [1.54, 1.807) is 6.07 Å². The van der Waals surface area contributed by atoms with Gasteiger partial charge in [-0.05, 0) is 18.2 Å². The molecule has 10 heteroatoms. The number of nitrogens with zero attached hydrogens (tertiary/aromatic N) is 4. The molecule has 0 fully saturated rings. The molecule has 1 N–H and O–H groups in total. The quantitative estimate of drug-likeness (QED) is 0.810. The number of nitriles is 1. The molecule has 3 rings (SSSR count). The first-order valence-corrected chi connectivity index (χ1v) is 7.42. The van der Waals surface area contributed by atoms with Crippen LogP contribution in [0.15, 0.2) is 42.4 Å². The molecular formula is C17H10FN5O4. The Hall–Kier alpha value is -4.13. The van der Waals surface area contributed by atoms with Crippen LogP contribution in [0, 0.1) is 17.1 Å². The summed E-state index contributed by atoms with van der Waals surface area (Å²) >= 11 is 0. The fourth-order valence-electron chi connectivity index (χ4n) is 2.40. The van der Waals surface area contributed by atoms with Crippen LogP contribution in [-0.4, -0.2) is 35.0 Å². The summed E-state index contributed by atoms with van der Waals surface area (Å²) in [5, 5.41) is 11.3. The van der Waals surface area contributed by atoms with Crippen molar-refractivity contribution in [2.45, 2.75) is 0 Å². The average molecular weight is 367 g/mol. The number of amides is 3. The number of nitrogens with one attached hydrogen (secondary N) is 1. The fraction of sp³-hybridized carbons (Fsp3) is 0.0588. The Morgan fingerprint density at radius 1 is 1.30 bits per heavy atom. The maximum Gasteiger partial charge on any atom is 0.411 e. The van der Waals surface area contributed by atoms with Crippen LogP contribution >= 0.6 is 0 Å². The molecule has 0 spiro atoms. The summed E-state index contributed by atoms with van der Waals surface area (Å²) in [5.74, 6) is -2.67. The van der Waals surface area contributed by atoms with E-state index in [4.69, 9.17) is 0 Å². The van der Waals surface area contributed by atoms with Crippen LogP contribution in [0.3, 0.4) is 0 Å². The summed E-state index contributed by atoms with van der Waals surface area (Å²) in [6, 6.07) is 5.40. The minimum absolute atomic E-state index is 0.0672. The van der Waals surface area contributed by atoms with Crippen LogP contribution in [0.4, 0.5) is 14.9 Å². The normalized spacial score (nSPS) is 13.2. The third-order valence-corrected chi connectivity index (χ3v) is 3.60. The van der Waals surface area contributed by atoms with E-state index in [0.29, 0.717) is 4.90 Å². The van der Waals surface area contributed by atoms with E-state index in [0.717, 1.165) is 25.3 Å². The lowest BCUT2D eigenvalue weighted by Crippen LogP contribution is -2.35. The van der Waals surface area contributed by atoms with Gasteiger partial charge >= 0.3 is 6.09 Å². The topological polar surface area (TPSA) is 125 Å². The first-order chi connectivity index (χ1) is 13.0. The molecule has 0 aliphatic carbocycles. The predicted octanol–water partition coefficient (Wildman–Crippen LogP) is 1.27. The molecule has 0 bridgehead atoms. The van der Waals surface area contributed by atoms with Gasteiger partial charge in [-0.1, -0.05) is 0 Å². The zero-order valence-corrected chi connectivity index (χ0v) is 13.8. The largest absolute Gasteiger partial charge is 0.453 e. The lowest BCUT2D eigenvalue weighted by atomic mass is 10.1. The van der Waals surface area contributed by atoms with Crippen molar-refractivity contribution >= 4 is 23.6 Å². The second-order valence-electron chi connectivity index (χ2n) is 5.19. The molecule has 134 valence electrons. The molecule has 1 aromatic carbocycles. The molecule has 1 aliphatic rings. The van der Waals surface area contributed by atoms with Crippen molar-refractivity contribution < 1.29 is 23.5 Å². The molecule has 1 aromatic heterocycles. The van der Waals surface area contributed by atoms with Crippen LogP contribution < -0.4 is 10.2 Å². The van der Waals surface area contributed by atoms with Crippen molar-refractivity contribution in [3.8, 4) is 17.5 Å². The van der Waals surface area contributed by atoms with E-state index in [9.17, 15) is 24.0 Å². The molecule has 27 heavy (non-hydrogen) atoms. The molecule has 2 aromatic rings. The zero-order chi connectivity index (χ0) is 19.6. The van der Waals surface area contributed by atoms with Gasteiger partial charge in [-0.3, -0.25) is 14.9 Å². The number of methoxy groups -OCH3 is 1. The van der Waals surface area contributed by atoms with E-state index < -0.39 is 29.4 Å². The van der Waals surface area contributed by atoms with Gasteiger partial charge in [-0.15, -0.1) is 0 Å². The Morgan fingerprint density at radius 3 is 2.63 bits per heavy atom. The van der Waals surface area contributed by atoms with Crippen LogP contribution in [0.25, 0.3) is 11.4 Å². The number of halogens is 1. The first kappa shape index (κ1) is 17.7. The minimum Gasteiger partial charge on any atom is -0.453 e. The number of ether oxygens (including phenoxy) is 1. The molecule has 3 amide bonds. The van der Waals surface area contributed by atoms with Crippen LogP contribution in [0.5, 0.6) is 0 Å². The van der Waals surface area contributed by atoms with Gasteiger partial charge in [0, 0.05) is 24.0 Å². The van der Waals surface area contributed by atoms with Crippen molar-refractivity contribution in [1.82, 2.24) is 15.3 Å². The summed E-state index contributed by atoms with van der Waals surface area (Å²) in [6.45, 7) is 0. The number of imide groups is 1. The van der Waals surface area contributed by atoms with E-state index in [1.807, 2.05) is 6.07 Å². The highest BCUT2D eigenvalue weighted by Crippen LogP contribution is 2.31. The van der Waals surface area contributed by atoms with Crippen molar-refractivity contribution in [2.75, 3.05) is 12.0 Å². The number of hydrogen-bond donors (Lipinski definition) is 1. The standard InChI is InChI=1S/C17H10FN5O4/c1-27-17(26)22-12-7-14(24)23(16(12)25)13-6-10(9(8-19)5-11(13)18)15-20-3-2-4-21-15/h2-7H,1H3,(H,22,26). The lowest BCUT2D eigenvalue weighted by Gasteiger charge is -2.17. The summed E-state index contributed by atoms with van der Waals surface area (Å²) in [6.07, 6.45) is 2.75. The van der Waals surface area contributed by atoms with Gasteiger partial charge in [0.25, 0.3) is 11.8 Å². The molecular weight excluding hydrogens is 357 g/mol. The highest BCUT2D eigenvalue weighted by atomic mass is 19.1. The first-order valence-electron chi connectivity index (χ1n) is 7.42. The van der Waals surface area contributed by atoms with Crippen molar-refractivity contribution in [3.05, 3.63) is 53.7 Å². The molecule has 9 nitrogen and oxygen atoms in total. The average Bonchev–Trinajstić information content (AvgIpc) is 2.95. The molecule has 0 radical (unpaired) electrons. The third-order valence-electron chi connectivity index (χ3n) is 3.60. The van der Waals surface area contributed by atoms with E-state index >= 15 is 0 Å². The Morgan fingerprint density at radius 2 is 2.00 bits per heavy atom. The monoisotopic (exact) mass is 367 g/mol. The number of hydrogen-bond acceptors (Lipinski definition) is 7. The number of alkyl carbamates (subject to hydrolysis) is 1. The maximum absolute atomic E-state index is 14.5. The number of anilines is 1. The molecule has 0 saturated heterocycles. The Balaban J connectivity index is 2.06. The van der Waals surface area contributed by atoms with Crippen molar-refractivity contribution in [3.63, 3.8) is 0 Å². The second kappa shape index (κ2) is 7.01. The van der Waals surface area contributed by atoms with E-state index in [1.165, 1.54) is 12.4 Å². The molecule has 2 heterocycles. The minimum atomic E-state index is -0.972. The lowest BCUT2D eigenvalue weighted by molar-refractivity contribution is -0.120. The Bertz CT molecular complexity index is 1030. The number of benzene rings is 1. The van der Waals surface area contributed by atoms with Crippen molar-refractivity contribution in [1.29, 1.82) is 5.26 Å². The summed E-state index contributed by atoms with van der Waals surface area (Å²) < 4.78 is 18.9. The summed E-state index contributed by atoms with van der Waals surface area (Å²) in [4.78, 5) is 44.4. The fourth-order valence-corrected chi connectivity index (χ4v) is 2.40. The van der Waals surface area contributed by atoms with Crippen LogP contribution in [-0.2, 0) is 14.3 Å². The number of carbonyl (C=O) groups excluding carboxylic acids is 3. The van der Waals surface area contributed by atoms with E-state index in [-0.39, 0.29) is 22.6 Å². The SMILES string of the molecule is COC(=O)NC1=CC(=O)N(c2cc(-c3ncccn3)c(C#N)cc2F)C1=O. The second-order valence-corrected chi connectivity index (χ2v) is 5.19. The van der Waals surface area contributed by atoms with Crippen LogP contribution in [0.2, 0.25) is 0 Å². The van der Waals surface area contributed by atoms with Gasteiger partial charge < -0.3 is 4.74 Å². The van der Waals surface area contributed by atoms with E-state index in [2.05, 4.69) is 20.0 Å². The Kier molecular flexibility index (Phi) is 4.59. The predicted molar refractivity (Wildman–Crippen MR) is 88.3 cm³/mol. The summed E-state index contributed by atoms with van der Waals surface area (Å²) in [5.41, 5.74) is -0.690. The zero-order valence-electron chi connectivity index (χ0n) is 13.8. The van der Waals surface area contributed by atoms with Crippen molar-refractivity contribution in [2.24, 2.45) is 0 Å². The number of rotatable bonds is 3. The Labute approximate surface area is 151 Å². The van der Waals surface area contributed by atoms with Crippen LogP contribution in [0.1, 0.15) is 5.56 Å². The smallest absolute Gasteiger partial charge is 0.411 e. The molecule has 1 aliphatic heterocycles. The molecule has 0 saturated carbocycles. The highest BCUT2D eigenvalue weighted by Gasteiger charge is 2.35. The molecule has 0 unspecified atom stereocenters. The van der Waals surface area contributed by atoms with Gasteiger partial charge in [0.05, 0.1) is 24.4 Å². The number of aromatic nitrogens is 2.